The number of nitrogens with zero attached hydrogens (tertiary/aromatic N) is 2. The van der Waals surface area contributed by atoms with E-state index in [9.17, 15) is 9.59 Å². The first-order chi connectivity index (χ1) is 16.3. The van der Waals surface area contributed by atoms with Gasteiger partial charge in [0.2, 0.25) is 0 Å². The maximum Gasteiger partial charge on any atom is 0.495 e. The van der Waals surface area contributed by atoms with Gasteiger partial charge in [0.1, 0.15) is 11.2 Å². The number of hydrogen-bond donors (Lipinski definition) is 0. The lowest BCUT2D eigenvalue weighted by atomic mass is 9.74. The SMILES string of the molecule is Cc1c(B2OC(C)(C)C(C)(C)O2)cc(N2CCN(C(=O)OC(C)(C)C)CC2)cc1C(=O)OC(C)(C)C. The molecule has 2 aliphatic heterocycles. The third-order valence-electron chi connectivity index (χ3n) is 6.86. The molecule has 0 atom stereocenters. The summed E-state index contributed by atoms with van der Waals surface area (Å²) in [4.78, 5) is 29.6. The quantitative estimate of drug-likeness (QED) is 0.450. The Morgan fingerprint density at radius 2 is 1.36 bits per heavy atom. The third kappa shape index (κ3) is 6.35. The van der Waals surface area contributed by atoms with Crippen molar-refractivity contribution in [3.63, 3.8) is 0 Å². The number of piperazine rings is 1. The summed E-state index contributed by atoms with van der Waals surface area (Å²) in [6, 6.07) is 3.91. The second-order valence-corrected chi connectivity index (χ2v) is 12.8. The molecule has 36 heavy (non-hydrogen) atoms. The van der Waals surface area contributed by atoms with Crippen LogP contribution in [0.1, 0.15) is 85.2 Å². The molecule has 1 amide bonds. The zero-order valence-corrected chi connectivity index (χ0v) is 23.9. The molecule has 9 heteroatoms. The predicted octanol–water partition coefficient (Wildman–Crippen LogP) is 4.31. The molecule has 0 aliphatic carbocycles. The largest absolute Gasteiger partial charge is 0.495 e. The van der Waals surface area contributed by atoms with E-state index in [1.54, 1.807) is 4.90 Å². The number of benzene rings is 1. The Hall–Kier alpha value is -2.26. The zero-order chi connectivity index (χ0) is 27.3. The van der Waals surface area contributed by atoms with Crippen molar-refractivity contribution in [1.29, 1.82) is 0 Å². The Morgan fingerprint density at radius 1 is 0.861 bits per heavy atom. The van der Waals surface area contributed by atoms with Crippen LogP contribution in [0.5, 0.6) is 0 Å². The van der Waals surface area contributed by atoms with Crippen LogP contribution < -0.4 is 10.4 Å². The van der Waals surface area contributed by atoms with Gasteiger partial charge in [-0.15, -0.1) is 0 Å². The lowest BCUT2D eigenvalue weighted by molar-refractivity contribution is 0.00578. The molecule has 2 saturated heterocycles. The standard InChI is InChI=1S/C27H43BN2O6/c1-18-20(22(31)33-24(2,3)4)16-19(17-21(18)28-35-26(8,9)27(10,11)36-28)29-12-14-30(15-13-29)23(32)34-25(5,6)7/h16-17H,12-15H2,1-11H3. The summed E-state index contributed by atoms with van der Waals surface area (Å²) in [5, 5.41) is 0. The van der Waals surface area contributed by atoms with Crippen LogP contribution in [0.25, 0.3) is 0 Å². The Labute approximate surface area is 216 Å². The average Bonchev–Trinajstić information content (AvgIpc) is 2.92. The van der Waals surface area contributed by atoms with Crippen molar-refractivity contribution >= 4 is 30.3 Å². The van der Waals surface area contributed by atoms with Crippen LogP contribution in [0.3, 0.4) is 0 Å². The van der Waals surface area contributed by atoms with E-state index in [0.717, 1.165) is 16.7 Å². The highest BCUT2D eigenvalue weighted by Gasteiger charge is 2.52. The van der Waals surface area contributed by atoms with Gasteiger partial charge in [-0.2, -0.15) is 0 Å². The predicted molar refractivity (Wildman–Crippen MR) is 142 cm³/mol. The number of carbonyl (C=O) groups excluding carboxylic acids is 2. The van der Waals surface area contributed by atoms with Crippen LogP contribution in [0.4, 0.5) is 10.5 Å². The smallest absolute Gasteiger partial charge is 0.456 e. The summed E-state index contributed by atoms with van der Waals surface area (Å²) < 4.78 is 23.9. The van der Waals surface area contributed by atoms with Crippen molar-refractivity contribution in [3.05, 3.63) is 23.3 Å². The number of esters is 1. The fraction of sp³-hybridized carbons (Fsp3) is 0.704. The number of rotatable bonds is 3. The molecule has 0 spiro atoms. The van der Waals surface area contributed by atoms with Crippen LogP contribution in [0.15, 0.2) is 12.1 Å². The van der Waals surface area contributed by atoms with Crippen LogP contribution in [0, 0.1) is 6.92 Å². The zero-order valence-electron chi connectivity index (χ0n) is 23.9. The molecule has 2 fully saturated rings. The second-order valence-electron chi connectivity index (χ2n) is 12.8. The molecule has 0 saturated carbocycles. The van der Waals surface area contributed by atoms with E-state index in [1.807, 2.05) is 88.3 Å². The van der Waals surface area contributed by atoms with Gasteiger partial charge in [-0.05, 0) is 99.3 Å². The van der Waals surface area contributed by atoms with Crippen molar-refractivity contribution < 1.29 is 28.4 Å². The van der Waals surface area contributed by atoms with E-state index in [-0.39, 0.29) is 12.1 Å². The number of amides is 1. The molecule has 0 unspecified atom stereocenters. The molecule has 1 aromatic carbocycles. The molecule has 2 heterocycles. The van der Waals surface area contributed by atoms with Crippen LogP contribution in [0.2, 0.25) is 0 Å². The summed E-state index contributed by atoms with van der Waals surface area (Å²) in [5.41, 5.74) is 0.766. The normalized spacial score (nSPS) is 19.9. The van der Waals surface area contributed by atoms with Crippen molar-refractivity contribution in [1.82, 2.24) is 4.90 Å². The molecular weight excluding hydrogens is 459 g/mol. The molecule has 8 nitrogen and oxygen atoms in total. The van der Waals surface area contributed by atoms with Gasteiger partial charge < -0.3 is 28.6 Å². The molecular formula is C27H43BN2O6. The molecule has 0 N–H and O–H groups in total. The first kappa shape index (κ1) is 28.3. The van der Waals surface area contributed by atoms with E-state index in [4.69, 9.17) is 18.8 Å². The molecule has 0 radical (unpaired) electrons. The fourth-order valence-corrected chi connectivity index (χ4v) is 4.14. The van der Waals surface area contributed by atoms with Gasteiger partial charge in [-0.3, -0.25) is 0 Å². The first-order valence-corrected chi connectivity index (χ1v) is 12.8. The van der Waals surface area contributed by atoms with Crippen LogP contribution in [-0.4, -0.2) is 72.7 Å². The molecule has 3 rings (SSSR count). The van der Waals surface area contributed by atoms with Gasteiger partial charge in [0, 0.05) is 31.9 Å². The third-order valence-corrected chi connectivity index (χ3v) is 6.86. The van der Waals surface area contributed by atoms with E-state index < -0.39 is 29.5 Å². The van der Waals surface area contributed by atoms with E-state index in [1.165, 1.54) is 0 Å². The minimum absolute atomic E-state index is 0.307. The highest BCUT2D eigenvalue weighted by atomic mass is 16.7. The highest BCUT2D eigenvalue weighted by molar-refractivity contribution is 6.63. The maximum atomic E-state index is 13.2. The monoisotopic (exact) mass is 502 g/mol. The van der Waals surface area contributed by atoms with Crippen molar-refractivity contribution in [3.8, 4) is 0 Å². The lowest BCUT2D eigenvalue weighted by Crippen LogP contribution is -2.50. The van der Waals surface area contributed by atoms with E-state index in [2.05, 4.69) is 4.90 Å². The van der Waals surface area contributed by atoms with Crippen molar-refractivity contribution in [2.75, 3.05) is 31.1 Å². The van der Waals surface area contributed by atoms with Crippen LogP contribution >= 0.6 is 0 Å². The summed E-state index contributed by atoms with van der Waals surface area (Å²) in [5.74, 6) is -0.382. The van der Waals surface area contributed by atoms with Crippen LogP contribution in [-0.2, 0) is 18.8 Å². The van der Waals surface area contributed by atoms with Gasteiger partial charge >= 0.3 is 19.2 Å². The van der Waals surface area contributed by atoms with Gasteiger partial charge in [-0.1, -0.05) is 0 Å². The van der Waals surface area contributed by atoms with Gasteiger partial charge in [-0.25, -0.2) is 9.59 Å². The van der Waals surface area contributed by atoms with Gasteiger partial charge in [0.25, 0.3) is 0 Å². The maximum absolute atomic E-state index is 13.2. The van der Waals surface area contributed by atoms with Crippen molar-refractivity contribution in [2.24, 2.45) is 0 Å². The van der Waals surface area contributed by atoms with Gasteiger partial charge in [0.15, 0.2) is 0 Å². The molecule has 2 aliphatic rings. The minimum atomic E-state index is -0.622. The van der Waals surface area contributed by atoms with Gasteiger partial charge in [0.05, 0.1) is 16.8 Å². The Kier molecular flexibility index (Phi) is 7.52. The minimum Gasteiger partial charge on any atom is -0.456 e. The first-order valence-electron chi connectivity index (χ1n) is 12.8. The highest BCUT2D eigenvalue weighted by Crippen LogP contribution is 2.37. The topological polar surface area (TPSA) is 77.5 Å². The van der Waals surface area contributed by atoms with E-state index in [0.29, 0.717) is 31.7 Å². The number of hydrogen-bond acceptors (Lipinski definition) is 7. The average molecular weight is 502 g/mol. The summed E-state index contributed by atoms with van der Waals surface area (Å²) in [6.45, 7) is 23.4. The second kappa shape index (κ2) is 9.56. The lowest BCUT2D eigenvalue weighted by Gasteiger charge is -2.37. The number of carbonyl (C=O) groups is 2. The molecule has 0 bridgehead atoms. The number of ether oxygens (including phenoxy) is 2. The summed E-state index contributed by atoms with van der Waals surface area (Å²) in [6.07, 6.45) is -0.307. The van der Waals surface area contributed by atoms with Crippen molar-refractivity contribution in [2.45, 2.75) is 98.6 Å². The summed E-state index contributed by atoms with van der Waals surface area (Å²) in [7, 11) is -0.612. The molecule has 0 aromatic heterocycles. The number of anilines is 1. The molecule has 1 aromatic rings. The fourth-order valence-electron chi connectivity index (χ4n) is 4.14. The summed E-state index contributed by atoms with van der Waals surface area (Å²) >= 11 is 0. The Morgan fingerprint density at radius 3 is 1.83 bits per heavy atom. The molecule has 200 valence electrons. The van der Waals surface area contributed by atoms with E-state index >= 15 is 0 Å². The Balaban J connectivity index is 1.92. The Bertz CT molecular complexity index is 985.